The van der Waals surface area contributed by atoms with Crippen molar-refractivity contribution in [3.05, 3.63) is 48.2 Å². The molecule has 0 unspecified atom stereocenters. The molecule has 0 saturated carbocycles. The van der Waals surface area contributed by atoms with Crippen molar-refractivity contribution in [3.8, 4) is 11.6 Å². The highest BCUT2D eigenvalue weighted by atomic mass is 16.5. The van der Waals surface area contributed by atoms with Crippen LogP contribution in [0.3, 0.4) is 0 Å². The molecule has 0 amide bonds. The van der Waals surface area contributed by atoms with Gasteiger partial charge in [0.25, 0.3) is 0 Å². The number of rotatable bonds is 6. The maximum absolute atomic E-state index is 5.57. The van der Waals surface area contributed by atoms with Crippen LogP contribution in [0, 0.1) is 0 Å². The molecular formula is C15H18N2O2. The predicted molar refractivity (Wildman–Crippen MR) is 75.7 cm³/mol. The molecule has 1 heterocycles. The van der Waals surface area contributed by atoms with E-state index in [1.165, 1.54) is 0 Å². The Balaban J connectivity index is 2.10. The van der Waals surface area contributed by atoms with E-state index >= 15 is 0 Å². The van der Waals surface area contributed by atoms with E-state index in [4.69, 9.17) is 9.47 Å². The standard InChI is InChI=1S/C15H18N2O2/c1-3-19-14-9-5-4-8-13(14)17-11-12-7-6-10-16-15(12)18-2/h4-10,17H,3,11H2,1-2H3. The van der Waals surface area contributed by atoms with Gasteiger partial charge in [-0.25, -0.2) is 4.98 Å². The van der Waals surface area contributed by atoms with Gasteiger partial charge in [0.2, 0.25) is 5.88 Å². The first-order valence-corrected chi connectivity index (χ1v) is 6.28. The van der Waals surface area contributed by atoms with Gasteiger partial charge in [-0.15, -0.1) is 0 Å². The summed E-state index contributed by atoms with van der Waals surface area (Å²) >= 11 is 0. The number of hydrogen-bond donors (Lipinski definition) is 1. The molecule has 0 aliphatic carbocycles. The molecule has 4 heteroatoms. The molecule has 1 aromatic carbocycles. The van der Waals surface area contributed by atoms with E-state index in [-0.39, 0.29) is 0 Å². The van der Waals surface area contributed by atoms with Gasteiger partial charge < -0.3 is 14.8 Å². The van der Waals surface area contributed by atoms with Crippen molar-refractivity contribution in [3.63, 3.8) is 0 Å². The fourth-order valence-electron chi connectivity index (χ4n) is 1.83. The van der Waals surface area contributed by atoms with Gasteiger partial charge >= 0.3 is 0 Å². The maximum Gasteiger partial charge on any atom is 0.218 e. The second kappa shape index (κ2) is 6.64. The zero-order valence-corrected chi connectivity index (χ0v) is 11.2. The summed E-state index contributed by atoms with van der Waals surface area (Å²) in [6.45, 7) is 3.26. The highest BCUT2D eigenvalue weighted by Crippen LogP contribution is 2.25. The first kappa shape index (κ1) is 13.2. The quantitative estimate of drug-likeness (QED) is 0.864. The Kier molecular flexibility index (Phi) is 4.61. The summed E-state index contributed by atoms with van der Waals surface area (Å²) in [7, 11) is 1.62. The van der Waals surface area contributed by atoms with E-state index < -0.39 is 0 Å². The van der Waals surface area contributed by atoms with Crippen molar-refractivity contribution in [1.82, 2.24) is 4.98 Å². The molecule has 2 rings (SSSR count). The summed E-state index contributed by atoms with van der Waals surface area (Å²) < 4.78 is 10.8. The van der Waals surface area contributed by atoms with E-state index in [1.54, 1.807) is 13.3 Å². The molecule has 1 aromatic heterocycles. The lowest BCUT2D eigenvalue weighted by atomic mass is 10.2. The molecule has 1 N–H and O–H groups in total. The number of methoxy groups -OCH3 is 1. The molecule has 0 atom stereocenters. The molecule has 19 heavy (non-hydrogen) atoms. The van der Waals surface area contributed by atoms with Crippen LogP contribution in [-0.2, 0) is 6.54 Å². The van der Waals surface area contributed by atoms with Gasteiger partial charge in [0.05, 0.1) is 19.4 Å². The van der Waals surface area contributed by atoms with E-state index in [2.05, 4.69) is 10.3 Å². The second-order valence-corrected chi connectivity index (χ2v) is 3.95. The third-order valence-electron chi connectivity index (χ3n) is 2.70. The van der Waals surface area contributed by atoms with Crippen LogP contribution in [0.15, 0.2) is 42.6 Å². The smallest absolute Gasteiger partial charge is 0.218 e. The van der Waals surface area contributed by atoms with E-state index in [0.717, 1.165) is 17.0 Å². The van der Waals surface area contributed by atoms with Crippen LogP contribution in [0.5, 0.6) is 11.6 Å². The van der Waals surface area contributed by atoms with Gasteiger partial charge in [-0.2, -0.15) is 0 Å². The molecule has 0 radical (unpaired) electrons. The van der Waals surface area contributed by atoms with Crippen molar-refractivity contribution < 1.29 is 9.47 Å². The molecule has 0 aliphatic heterocycles. The molecule has 4 nitrogen and oxygen atoms in total. The Hall–Kier alpha value is -2.23. The monoisotopic (exact) mass is 258 g/mol. The third kappa shape index (κ3) is 3.37. The first-order valence-electron chi connectivity index (χ1n) is 6.28. The van der Waals surface area contributed by atoms with Gasteiger partial charge in [-0.3, -0.25) is 0 Å². The Labute approximate surface area is 113 Å². The number of pyridine rings is 1. The average Bonchev–Trinajstić information content (AvgIpc) is 2.47. The van der Waals surface area contributed by atoms with Gasteiger partial charge in [0, 0.05) is 18.3 Å². The number of benzene rings is 1. The van der Waals surface area contributed by atoms with Crippen LogP contribution in [0.4, 0.5) is 5.69 Å². The Morgan fingerprint density at radius 1 is 1.16 bits per heavy atom. The topological polar surface area (TPSA) is 43.4 Å². The third-order valence-corrected chi connectivity index (χ3v) is 2.70. The SMILES string of the molecule is CCOc1ccccc1NCc1cccnc1OC. The minimum absolute atomic E-state index is 0.640. The maximum atomic E-state index is 5.57. The Morgan fingerprint density at radius 2 is 2.00 bits per heavy atom. The number of ether oxygens (including phenoxy) is 2. The number of aromatic nitrogens is 1. The van der Waals surface area contributed by atoms with Gasteiger partial charge in [0.15, 0.2) is 0 Å². The van der Waals surface area contributed by atoms with Crippen molar-refractivity contribution in [2.24, 2.45) is 0 Å². The molecular weight excluding hydrogens is 240 g/mol. The summed E-state index contributed by atoms with van der Waals surface area (Å²) in [4.78, 5) is 4.17. The van der Waals surface area contributed by atoms with Crippen LogP contribution in [-0.4, -0.2) is 18.7 Å². The van der Waals surface area contributed by atoms with Crippen LogP contribution in [0.2, 0.25) is 0 Å². The van der Waals surface area contributed by atoms with Crippen LogP contribution < -0.4 is 14.8 Å². The minimum atomic E-state index is 0.640. The van der Waals surface area contributed by atoms with Crippen molar-refractivity contribution >= 4 is 5.69 Å². The summed E-state index contributed by atoms with van der Waals surface area (Å²) in [5, 5.41) is 3.34. The highest BCUT2D eigenvalue weighted by molar-refractivity contribution is 5.56. The van der Waals surface area contributed by atoms with E-state index in [9.17, 15) is 0 Å². The zero-order valence-electron chi connectivity index (χ0n) is 11.2. The van der Waals surface area contributed by atoms with E-state index in [1.807, 2.05) is 43.3 Å². The van der Waals surface area contributed by atoms with Crippen molar-refractivity contribution in [2.45, 2.75) is 13.5 Å². The molecule has 100 valence electrons. The highest BCUT2D eigenvalue weighted by Gasteiger charge is 2.05. The fraction of sp³-hybridized carbons (Fsp3) is 0.267. The Morgan fingerprint density at radius 3 is 2.79 bits per heavy atom. The van der Waals surface area contributed by atoms with Gasteiger partial charge in [-0.05, 0) is 25.1 Å². The van der Waals surface area contributed by atoms with Crippen molar-refractivity contribution in [2.75, 3.05) is 19.0 Å². The normalized spacial score (nSPS) is 10.0. The van der Waals surface area contributed by atoms with Crippen molar-refractivity contribution in [1.29, 1.82) is 0 Å². The lowest BCUT2D eigenvalue weighted by Gasteiger charge is -2.13. The van der Waals surface area contributed by atoms with Crippen LogP contribution in [0.25, 0.3) is 0 Å². The van der Waals surface area contributed by atoms with Gasteiger partial charge in [-0.1, -0.05) is 18.2 Å². The largest absolute Gasteiger partial charge is 0.492 e. The second-order valence-electron chi connectivity index (χ2n) is 3.95. The number of nitrogens with zero attached hydrogens (tertiary/aromatic N) is 1. The summed E-state index contributed by atoms with van der Waals surface area (Å²) in [6, 6.07) is 11.8. The van der Waals surface area contributed by atoms with Gasteiger partial charge in [0.1, 0.15) is 5.75 Å². The number of para-hydroxylation sites is 2. The predicted octanol–water partition coefficient (Wildman–Crippen LogP) is 3.10. The summed E-state index contributed by atoms with van der Waals surface area (Å²) in [6.07, 6.45) is 1.72. The molecule has 2 aromatic rings. The Bertz CT molecular complexity index is 529. The fourth-order valence-corrected chi connectivity index (χ4v) is 1.83. The van der Waals surface area contributed by atoms with Crippen LogP contribution in [0.1, 0.15) is 12.5 Å². The first-order chi connectivity index (χ1) is 9.35. The van der Waals surface area contributed by atoms with E-state index in [0.29, 0.717) is 19.0 Å². The molecule has 0 bridgehead atoms. The number of hydrogen-bond acceptors (Lipinski definition) is 4. The molecule has 0 spiro atoms. The zero-order chi connectivity index (χ0) is 13.5. The molecule has 0 aliphatic rings. The lowest BCUT2D eigenvalue weighted by molar-refractivity contribution is 0.341. The number of anilines is 1. The lowest BCUT2D eigenvalue weighted by Crippen LogP contribution is -2.04. The average molecular weight is 258 g/mol. The summed E-state index contributed by atoms with van der Waals surface area (Å²) in [5.74, 6) is 1.50. The molecule has 0 fully saturated rings. The number of nitrogens with one attached hydrogen (secondary N) is 1. The molecule has 0 saturated heterocycles. The minimum Gasteiger partial charge on any atom is -0.492 e. The summed E-state index contributed by atoms with van der Waals surface area (Å²) in [5.41, 5.74) is 1.98. The van der Waals surface area contributed by atoms with Crippen LogP contribution >= 0.6 is 0 Å².